The predicted octanol–water partition coefficient (Wildman–Crippen LogP) is 3.11. The van der Waals surface area contributed by atoms with Crippen molar-refractivity contribution in [1.29, 1.82) is 0 Å². The first-order chi connectivity index (χ1) is 13.6. The van der Waals surface area contributed by atoms with Crippen molar-refractivity contribution in [1.82, 2.24) is 4.31 Å². The minimum absolute atomic E-state index is 0.177. The number of hydrogen-bond acceptors (Lipinski definition) is 4. The second-order valence-corrected chi connectivity index (χ2v) is 8.46. The second-order valence-electron chi connectivity index (χ2n) is 6.52. The summed E-state index contributed by atoms with van der Waals surface area (Å²) in [7, 11) is -3.57. The van der Waals surface area contributed by atoms with E-state index >= 15 is 0 Å². The van der Waals surface area contributed by atoms with Gasteiger partial charge in [-0.05, 0) is 35.7 Å². The number of ether oxygens (including phenoxy) is 1. The Labute approximate surface area is 163 Å². The smallest absolute Gasteiger partial charge is 0.255 e. The maximum absolute atomic E-state index is 12.7. The molecular weight excluding hydrogens is 376 g/mol. The number of carbonyl (C=O) groups excluding carboxylic acids is 1. The molecule has 1 amide bonds. The normalized spacial score (nSPS) is 15.4. The number of anilines is 1. The van der Waals surface area contributed by atoms with Gasteiger partial charge in [-0.1, -0.05) is 36.4 Å². The summed E-state index contributed by atoms with van der Waals surface area (Å²) < 4.78 is 32.0. The summed E-state index contributed by atoms with van der Waals surface area (Å²) >= 11 is 0. The number of sulfonamides is 1. The van der Waals surface area contributed by atoms with Gasteiger partial charge in [0.1, 0.15) is 0 Å². The highest BCUT2D eigenvalue weighted by atomic mass is 32.2. The Balaban J connectivity index is 1.54. The van der Waals surface area contributed by atoms with E-state index in [0.717, 1.165) is 10.8 Å². The van der Waals surface area contributed by atoms with Crippen LogP contribution in [-0.2, 0) is 14.8 Å². The summed E-state index contributed by atoms with van der Waals surface area (Å²) in [5.74, 6) is -0.285. The Morgan fingerprint density at radius 3 is 2.32 bits per heavy atom. The van der Waals surface area contributed by atoms with E-state index in [1.54, 1.807) is 0 Å². The SMILES string of the molecule is O=C(Nc1cccc2ccccc12)c1ccc(S(=O)(=O)N2CCOCC2)cc1. The number of morpholine rings is 1. The Hall–Kier alpha value is -2.74. The van der Waals surface area contributed by atoms with E-state index in [1.165, 1.54) is 28.6 Å². The van der Waals surface area contributed by atoms with Gasteiger partial charge < -0.3 is 10.1 Å². The molecule has 0 aromatic heterocycles. The van der Waals surface area contributed by atoms with Crippen LogP contribution >= 0.6 is 0 Å². The molecule has 0 saturated carbocycles. The van der Waals surface area contributed by atoms with E-state index < -0.39 is 10.0 Å². The largest absolute Gasteiger partial charge is 0.379 e. The third-order valence-electron chi connectivity index (χ3n) is 4.76. The number of amides is 1. The van der Waals surface area contributed by atoms with Gasteiger partial charge >= 0.3 is 0 Å². The molecule has 0 bridgehead atoms. The molecule has 0 spiro atoms. The minimum Gasteiger partial charge on any atom is -0.379 e. The fraction of sp³-hybridized carbons (Fsp3) is 0.190. The van der Waals surface area contributed by atoms with Gasteiger partial charge in [0.05, 0.1) is 18.1 Å². The first-order valence-corrected chi connectivity index (χ1v) is 10.5. The molecule has 1 saturated heterocycles. The van der Waals surface area contributed by atoms with Crippen LogP contribution in [0.15, 0.2) is 71.6 Å². The molecule has 4 rings (SSSR count). The molecule has 7 heteroatoms. The number of benzene rings is 3. The van der Waals surface area contributed by atoms with Crippen molar-refractivity contribution in [2.45, 2.75) is 4.90 Å². The average molecular weight is 396 g/mol. The lowest BCUT2D eigenvalue weighted by molar-refractivity contribution is 0.0730. The van der Waals surface area contributed by atoms with Crippen LogP contribution in [0, 0.1) is 0 Å². The molecule has 1 aliphatic rings. The molecule has 28 heavy (non-hydrogen) atoms. The van der Waals surface area contributed by atoms with Crippen molar-refractivity contribution in [2.24, 2.45) is 0 Å². The van der Waals surface area contributed by atoms with E-state index in [9.17, 15) is 13.2 Å². The first kappa shape index (κ1) is 18.6. The summed E-state index contributed by atoms with van der Waals surface area (Å²) in [6.07, 6.45) is 0. The number of hydrogen-bond donors (Lipinski definition) is 1. The lowest BCUT2D eigenvalue weighted by atomic mass is 10.1. The van der Waals surface area contributed by atoms with E-state index in [2.05, 4.69) is 5.32 Å². The van der Waals surface area contributed by atoms with Gasteiger partial charge in [-0.2, -0.15) is 4.31 Å². The Kier molecular flexibility index (Phi) is 5.13. The van der Waals surface area contributed by atoms with Crippen molar-refractivity contribution in [2.75, 3.05) is 31.6 Å². The topological polar surface area (TPSA) is 75.7 Å². The summed E-state index contributed by atoms with van der Waals surface area (Å²) in [5, 5.41) is 4.89. The highest BCUT2D eigenvalue weighted by Gasteiger charge is 2.26. The minimum atomic E-state index is -3.57. The molecule has 3 aromatic carbocycles. The fourth-order valence-electron chi connectivity index (χ4n) is 3.24. The first-order valence-electron chi connectivity index (χ1n) is 9.03. The zero-order valence-corrected chi connectivity index (χ0v) is 16.0. The predicted molar refractivity (Wildman–Crippen MR) is 108 cm³/mol. The average Bonchev–Trinajstić information content (AvgIpc) is 2.75. The lowest BCUT2D eigenvalue weighted by Crippen LogP contribution is -2.40. The standard InChI is InChI=1S/C21H20N2O4S/c24-21(22-20-7-3-5-16-4-1-2-6-19(16)20)17-8-10-18(11-9-17)28(25,26)23-12-14-27-15-13-23/h1-11H,12-15H2,(H,22,24). The maximum atomic E-state index is 12.7. The van der Waals surface area contributed by atoms with Gasteiger partial charge in [-0.15, -0.1) is 0 Å². The number of fused-ring (bicyclic) bond motifs is 1. The third kappa shape index (κ3) is 3.64. The molecule has 0 unspecified atom stereocenters. The van der Waals surface area contributed by atoms with E-state index in [4.69, 9.17) is 4.74 Å². The molecule has 1 N–H and O–H groups in total. The van der Waals surface area contributed by atoms with Crippen molar-refractivity contribution >= 4 is 32.4 Å². The number of carbonyl (C=O) groups is 1. The monoisotopic (exact) mass is 396 g/mol. The summed E-state index contributed by atoms with van der Waals surface area (Å²) in [6, 6.07) is 19.5. The molecule has 0 atom stereocenters. The molecule has 1 heterocycles. The number of nitrogens with one attached hydrogen (secondary N) is 1. The van der Waals surface area contributed by atoms with E-state index in [0.29, 0.717) is 37.6 Å². The van der Waals surface area contributed by atoms with Crippen LogP contribution in [0.3, 0.4) is 0 Å². The summed E-state index contributed by atoms with van der Waals surface area (Å²) in [4.78, 5) is 12.8. The fourth-order valence-corrected chi connectivity index (χ4v) is 4.65. The van der Waals surface area contributed by atoms with E-state index in [1.807, 2.05) is 42.5 Å². The lowest BCUT2D eigenvalue weighted by Gasteiger charge is -2.26. The van der Waals surface area contributed by atoms with Gasteiger partial charge in [0.2, 0.25) is 10.0 Å². The van der Waals surface area contributed by atoms with Crippen LogP contribution in [0.25, 0.3) is 10.8 Å². The molecule has 0 aliphatic carbocycles. The molecule has 1 aliphatic heterocycles. The van der Waals surface area contributed by atoms with Crippen LogP contribution in [0.1, 0.15) is 10.4 Å². The van der Waals surface area contributed by atoms with Crippen LogP contribution in [-0.4, -0.2) is 44.9 Å². The van der Waals surface area contributed by atoms with Crippen molar-refractivity contribution in [3.8, 4) is 0 Å². The highest BCUT2D eigenvalue weighted by molar-refractivity contribution is 7.89. The summed E-state index contributed by atoms with van der Waals surface area (Å²) in [6.45, 7) is 1.47. The van der Waals surface area contributed by atoms with Crippen LogP contribution in [0.4, 0.5) is 5.69 Å². The van der Waals surface area contributed by atoms with Crippen molar-refractivity contribution in [3.05, 3.63) is 72.3 Å². The molecule has 0 radical (unpaired) electrons. The molecule has 6 nitrogen and oxygen atoms in total. The molecule has 3 aromatic rings. The van der Waals surface area contributed by atoms with Gasteiger partial charge in [-0.25, -0.2) is 8.42 Å². The third-order valence-corrected chi connectivity index (χ3v) is 6.68. The molecular formula is C21H20N2O4S. The molecule has 1 fully saturated rings. The Morgan fingerprint density at radius 1 is 0.893 bits per heavy atom. The van der Waals surface area contributed by atoms with Gasteiger partial charge in [0, 0.05) is 29.7 Å². The van der Waals surface area contributed by atoms with Crippen molar-refractivity contribution < 1.29 is 17.9 Å². The second kappa shape index (κ2) is 7.71. The highest BCUT2D eigenvalue weighted by Crippen LogP contribution is 2.24. The Bertz CT molecular complexity index is 1100. The molecule has 144 valence electrons. The van der Waals surface area contributed by atoms with E-state index in [-0.39, 0.29) is 10.8 Å². The number of nitrogens with zero attached hydrogens (tertiary/aromatic N) is 1. The zero-order valence-electron chi connectivity index (χ0n) is 15.2. The maximum Gasteiger partial charge on any atom is 0.255 e. The van der Waals surface area contributed by atoms with Gasteiger partial charge in [0.25, 0.3) is 5.91 Å². The summed E-state index contributed by atoms with van der Waals surface area (Å²) in [5.41, 5.74) is 1.11. The number of rotatable bonds is 4. The quantitative estimate of drug-likeness (QED) is 0.735. The van der Waals surface area contributed by atoms with Gasteiger partial charge in [0.15, 0.2) is 0 Å². The van der Waals surface area contributed by atoms with Crippen molar-refractivity contribution in [3.63, 3.8) is 0 Å². The zero-order chi connectivity index (χ0) is 19.6. The van der Waals surface area contributed by atoms with Crippen LogP contribution < -0.4 is 5.32 Å². The van der Waals surface area contributed by atoms with Crippen LogP contribution in [0.2, 0.25) is 0 Å². The Morgan fingerprint density at radius 2 is 1.57 bits per heavy atom. The van der Waals surface area contributed by atoms with Crippen LogP contribution in [0.5, 0.6) is 0 Å². The van der Waals surface area contributed by atoms with Gasteiger partial charge in [-0.3, -0.25) is 4.79 Å².